The summed E-state index contributed by atoms with van der Waals surface area (Å²) >= 11 is 6.14. The summed E-state index contributed by atoms with van der Waals surface area (Å²) < 4.78 is 1.32. The minimum absolute atomic E-state index is 0.193. The van der Waals surface area contributed by atoms with Gasteiger partial charge in [-0.05, 0) is 24.6 Å². The molecule has 2 aromatic rings. The maximum atomic E-state index is 12.5. The molecular formula is C17H16ClN3O3. The second-order valence-corrected chi connectivity index (χ2v) is 6.03. The molecule has 1 aromatic heterocycles. The van der Waals surface area contributed by atoms with Gasteiger partial charge in [-0.25, -0.2) is 0 Å². The van der Waals surface area contributed by atoms with E-state index >= 15 is 0 Å². The molecule has 1 aromatic carbocycles. The Morgan fingerprint density at radius 1 is 1.21 bits per heavy atom. The van der Waals surface area contributed by atoms with E-state index in [1.807, 2.05) is 6.07 Å². The standard InChI is InChI=1S/C17H16ClN3O3/c1-20-10-11(6-7-15(20)22)16(23)19-13-8-9-21(17(13)24)14-5-3-2-4-12(14)18/h2-7,10,13H,8-9H2,1H3,(H,19,23). The molecule has 0 bridgehead atoms. The number of aromatic nitrogens is 1. The van der Waals surface area contributed by atoms with Gasteiger partial charge in [0.25, 0.3) is 5.91 Å². The zero-order chi connectivity index (χ0) is 17.3. The van der Waals surface area contributed by atoms with Crippen molar-refractivity contribution in [3.8, 4) is 0 Å². The van der Waals surface area contributed by atoms with Gasteiger partial charge in [0.05, 0.1) is 16.3 Å². The van der Waals surface area contributed by atoms with Crippen LogP contribution in [0.1, 0.15) is 16.8 Å². The first-order chi connectivity index (χ1) is 11.5. The monoisotopic (exact) mass is 345 g/mol. The molecule has 1 saturated heterocycles. The van der Waals surface area contributed by atoms with Gasteiger partial charge in [0.2, 0.25) is 11.5 Å². The van der Waals surface area contributed by atoms with Gasteiger partial charge in [0.1, 0.15) is 6.04 Å². The number of pyridine rings is 1. The zero-order valence-electron chi connectivity index (χ0n) is 13.0. The molecule has 0 saturated carbocycles. The van der Waals surface area contributed by atoms with Crippen LogP contribution in [0.25, 0.3) is 0 Å². The van der Waals surface area contributed by atoms with Crippen molar-refractivity contribution in [1.82, 2.24) is 9.88 Å². The highest BCUT2D eigenvalue weighted by Gasteiger charge is 2.34. The summed E-state index contributed by atoms with van der Waals surface area (Å²) in [6.45, 7) is 0.487. The highest BCUT2D eigenvalue weighted by Crippen LogP contribution is 2.29. The maximum Gasteiger partial charge on any atom is 0.253 e. The third-order valence-electron chi connectivity index (χ3n) is 4.00. The van der Waals surface area contributed by atoms with Crippen molar-refractivity contribution >= 4 is 29.1 Å². The van der Waals surface area contributed by atoms with Gasteiger partial charge in [-0.2, -0.15) is 0 Å². The summed E-state index contributed by atoms with van der Waals surface area (Å²) in [4.78, 5) is 37.8. The Labute approximate surface area is 143 Å². The predicted octanol–water partition coefficient (Wildman–Crippen LogP) is 1.57. The third-order valence-corrected chi connectivity index (χ3v) is 4.32. The molecule has 3 rings (SSSR count). The molecule has 1 N–H and O–H groups in total. The molecule has 0 spiro atoms. The maximum absolute atomic E-state index is 12.5. The fraction of sp³-hybridized carbons (Fsp3) is 0.235. The van der Waals surface area contributed by atoms with E-state index in [-0.39, 0.29) is 17.4 Å². The Kier molecular flexibility index (Phi) is 4.40. The molecule has 0 aliphatic carbocycles. The summed E-state index contributed by atoms with van der Waals surface area (Å²) in [5.74, 6) is -0.578. The molecule has 2 heterocycles. The first kappa shape index (κ1) is 16.3. The van der Waals surface area contributed by atoms with E-state index in [0.29, 0.717) is 29.2 Å². The van der Waals surface area contributed by atoms with Crippen molar-refractivity contribution in [3.05, 3.63) is 63.5 Å². The van der Waals surface area contributed by atoms with Crippen LogP contribution in [0.4, 0.5) is 5.69 Å². The number of halogens is 1. The topological polar surface area (TPSA) is 71.4 Å². The summed E-state index contributed by atoms with van der Waals surface area (Å²) in [5.41, 5.74) is 0.775. The van der Waals surface area contributed by atoms with Crippen LogP contribution >= 0.6 is 11.6 Å². The average Bonchev–Trinajstić information content (AvgIpc) is 2.91. The SMILES string of the molecule is Cn1cc(C(=O)NC2CCN(c3ccccc3Cl)C2=O)ccc1=O. The number of benzene rings is 1. The van der Waals surface area contributed by atoms with Crippen LogP contribution in [-0.4, -0.2) is 29.0 Å². The first-order valence-corrected chi connectivity index (χ1v) is 7.88. The Bertz CT molecular complexity index is 862. The van der Waals surface area contributed by atoms with Crippen molar-refractivity contribution in [2.45, 2.75) is 12.5 Å². The first-order valence-electron chi connectivity index (χ1n) is 7.51. The van der Waals surface area contributed by atoms with Gasteiger partial charge in [0, 0.05) is 25.9 Å². The molecule has 1 aliphatic rings. The van der Waals surface area contributed by atoms with E-state index in [9.17, 15) is 14.4 Å². The van der Waals surface area contributed by atoms with Crippen LogP contribution in [0.2, 0.25) is 5.02 Å². The summed E-state index contributed by atoms with van der Waals surface area (Å²) in [6.07, 6.45) is 1.95. The second-order valence-electron chi connectivity index (χ2n) is 5.62. The van der Waals surface area contributed by atoms with E-state index in [4.69, 9.17) is 11.6 Å². The fourth-order valence-electron chi connectivity index (χ4n) is 2.69. The highest BCUT2D eigenvalue weighted by molar-refractivity contribution is 6.34. The number of rotatable bonds is 3. The lowest BCUT2D eigenvalue weighted by Gasteiger charge is -2.18. The predicted molar refractivity (Wildman–Crippen MR) is 91.4 cm³/mol. The van der Waals surface area contributed by atoms with E-state index < -0.39 is 6.04 Å². The zero-order valence-corrected chi connectivity index (χ0v) is 13.8. The number of hydrogen-bond donors (Lipinski definition) is 1. The molecule has 24 heavy (non-hydrogen) atoms. The minimum atomic E-state index is -0.606. The Hall–Kier alpha value is -2.60. The van der Waals surface area contributed by atoms with E-state index in [2.05, 4.69) is 5.32 Å². The van der Waals surface area contributed by atoms with Crippen molar-refractivity contribution in [2.24, 2.45) is 7.05 Å². The number of para-hydroxylation sites is 1. The Balaban J connectivity index is 1.74. The number of anilines is 1. The van der Waals surface area contributed by atoms with Crippen LogP contribution < -0.4 is 15.8 Å². The number of carbonyl (C=O) groups excluding carboxylic acids is 2. The number of aryl methyl sites for hydroxylation is 1. The molecule has 7 heteroatoms. The lowest BCUT2D eigenvalue weighted by Crippen LogP contribution is -2.41. The van der Waals surface area contributed by atoms with Crippen LogP contribution in [0.15, 0.2) is 47.4 Å². The molecule has 1 atom stereocenters. The highest BCUT2D eigenvalue weighted by atomic mass is 35.5. The van der Waals surface area contributed by atoms with Crippen LogP contribution in [-0.2, 0) is 11.8 Å². The van der Waals surface area contributed by atoms with Crippen molar-refractivity contribution in [1.29, 1.82) is 0 Å². The van der Waals surface area contributed by atoms with Crippen molar-refractivity contribution in [3.63, 3.8) is 0 Å². The van der Waals surface area contributed by atoms with Crippen molar-refractivity contribution in [2.75, 3.05) is 11.4 Å². The second kappa shape index (κ2) is 6.49. The molecular weight excluding hydrogens is 330 g/mol. The smallest absolute Gasteiger partial charge is 0.253 e. The third kappa shape index (κ3) is 3.05. The van der Waals surface area contributed by atoms with Gasteiger partial charge in [-0.3, -0.25) is 14.4 Å². The molecule has 1 aliphatic heterocycles. The van der Waals surface area contributed by atoms with Gasteiger partial charge < -0.3 is 14.8 Å². The lowest BCUT2D eigenvalue weighted by molar-refractivity contribution is -0.118. The average molecular weight is 346 g/mol. The molecule has 1 unspecified atom stereocenters. The summed E-state index contributed by atoms with van der Waals surface area (Å²) in [7, 11) is 1.57. The normalized spacial score (nSPS) is 17.2. The Morgan fingerprint density at radius 2 is 1.96 bits per heavy atom. The van der Waals surface area contributed by atoms with E-state index in [0.717, 1.165) is 0 Å². The van der Waals surface area contributed by atoms with Crippen LogP contribution in [0, 0.1) is 0 Å². The number of amides is 2. The molecule has 6 nitrogen and oxygen atoms in total. The van der Waals surface area contributed by atoms with Gasteiger partial charge in [0.15, 0.2) is 0 Å². The van der Waals surface area contributed by atoms with Gasteiger partial charge in [-0.1, -0.05) is 23.7 Å². The largest absolute Gasteiger partial charge is 0.340 e. The molecule has 0 radical (unpaired) electrons. The van der Waals surface area contributed by atoms with Crippen molar-refractivity contribution < 1.29 is 9.59 Å². The Morgan fingerprint density at radius 3 is 2.67 bits per heavy atom. The molecule has 1 fully saturated rings. The summed E-state index contributed by atoms with van der Waals surface area (Å²) in [5, 5.41) is 3.22. The van der Waals surface area contributed by atoms with E-state index in [1.165, 1.54) is 22.9 Å². The van der Waals surface area contributed by atoms with Crippen LogP contribution in [0.3, 0.4) is 0 Å². The van der Waals surface area contributed by atoms with Gasteiger partial charge in [-0.15, -0.1) is 0 Å². The minimum Gasteiger partial charge on any atom is -0.340 e. The quantitative estimate of drug-likeness (QED) is 0.918. The number of carbonyl (C=O) groups is 2. The lowest BCUT2D eigenvalue weighted by atomic mass is 10.2. The number of nitrogens with one attached hydrogen (secondary N) is 1. The fourth-order valence-corrected chi connectivity index (χ4v) is 2.93. The summed E-state index contributed by atoms with van der Waals surface area (Å²) in [6, 6.07) is 9.27. The number of hydrogen-bond acceptors (Lipinski definition) is 3. The van der Waals surface area contributed by atoms with Gasteiger partial charge >= 0.3 is 0 Å². The van der Waals surface area contributed by atoms with E-state index in [1.54, 1.807) is 30.1 Å². The molecule has 124 valence electrons. The number of nitrogens with zero attached hydrogens (tertiary/aromatic N) is 2. The van der Waals surface area contributed by atoms with Crippen LogP contribution in [0.5, 0.6) is 0 Å². The molecule has 2 amide bonds.